The molecule has 0 N–H and O–H groups in total. The minimum absolute atomic E-state index is 1.19. The number of anilines is 1. The Morgan fingerprint density at radius 3 is 2.24 bits per heavy atom. The molecule has 0 atom stereocenters. The molecule has 0 amide bonds. The summed E-state index contributed by atoms with van der Waals surface area (Å²) in [6.45, 7) is 2.38. The lowest BCUT2D eigenvalue weighted by Gasteiger charge is -2.06. The predicted octanol–water partition coefficient (Wildman–Crippen LogP) is 3.68. The summed E-state index contributed by atoms with van der Waals surface area (Å²) >= 11 is 0. The van der Waals surface area contributed by atoms with Crippen molar-refractivity contribution in [1.82, 2.24) is 0 Å². The molecule has 1 heterocycles. The topological polar surface area (TPSA) is 3.01 Å². The van der Waals surface area contributed by atoms with E-state index in [0.29, 0.717) is 0 Å². The van der Waals surface area contributed by atoms with Gasteiger partial charge in [-0.05, 0) is 17.2 Å². The van der Waals surface area contributed by atoms with Gasteiger partial charge < -0.3 is 4.90 Å². The van der Waals surface area contributed by atoms with Crippen LogP contribution in [0.1, 0.15) is 11.1 Å². The van der Waals surface area contributed by atoms with E-state index in [1.54, 1.807) is 0 Å². The fourth-order valence-electron chi connectivity index (χ4n) is 1.96. The van der Waals surface area contributed by atoms with Crippen LogP contribution in [-0.2, 0) is 0 Å². The van der Waals surface area contributed by atoms with Crippen molar-refractivity contribution in [3.63, 3.8) is 0 Å². The van der Waals surface area contributed by atoms with Crippen molar-refractivity contribution >= 4 is 17.8 Å². The summed E-state index contributed by atoms with van der Waals surface area (Å²) < 4.78 is 0. The van der Waals surface area contributed by atoms with Gasteiger partial charge in [-0.15, -0.1) is 0 Å². The van der Waals surface area contributed by atoms with Gasteiger partial charge in [0, 0.05) is 18.8 Å². The van der Waals surface area contributed by atoms with Crippen LogP contribution in [0, 0.1) is 0 Å². The van der Waals surface area contributed by atoms with Crippen LogP contribution in [0.2, 0.25) is 0 Å². The van der Waals surface area contributed by atoms with Crippen LogP contribution in [0.4, 0.5) is 5.69 Å². The van der Waals surface area contributed by atoms with Gasteiger partial charge in [0.2, 0.25) is 0 Å². The molecular weight excluding hydrogens is 206 g/mol. The third-order valence-corrected chi connectivity index (χ3v) is 2.98. The van der Waals surface area contributed by atoms with E-state index in [1.165, 1.54) is 29.9 Å². The number of benzene rings is 2. The zero-order valence-electron chi connectivity index (χ0n) is 9.71. The first-order chi connectivity index (χ1) is 8.43. The monoisotopic (exact) mass is 221 g/mol. The number of hydrogen-bond donors (Lipinski definition) is 0. The average Bonchev–Trinajstić information content (AvgIpc) is 3.22. The highest BCUT2D eigenvalue weighted by atomic mass is 15.3. The largest absolute Gasteiger partial charge is 0.368 e. The van der Waals surface area contributed by atoms with Gasteiger partial charge in [0.15, 0.2) is 0 Å². The van der Waals surface area contributed by atoms with Crippen LogP contribution < -0.4 is 4.90 Å². The van der Waals surface area contributed by atoms with E-state index in [4.69, 9.17) is 0 Å². The molecule has 0 unspecified atom stereocenters. The predicted molar refractivity (Wildman–Crippen MR) is 74.0 cm³/mol. The quantitative estimate of drug-likeness (QED) is 0.564. The Morgan fingerprint density at radius 1 is 0.765 bits per heavy atom. The molecule has 0 spiro atoms. The van der Waals surface area contributed by atoms with E-state index in [-0.39, 0.29) is 0 Å². The second-order valence-corrected chi connectivity index (χ2v) is 4.29. The van der Waals surface area contributed by atoms with Crippen molar-refractivity contribution in [3.05, 3.63) is 65.7 Å². The lowest BCUT2D eigenvalue weighted by Crippen LogP contribution is -1.92. The Bertz CT molecular complexity index is 524. The molecule has 2 aromatic carbocycles. The first kappa shape index (κ1) is 10.2. The summed E-state index contributed by atoms with van der Waals surface area (Å²) in [7, 11) is 0. The first-order valence-electron chi connectivity index (χ1n) is 6.00. The minimum atomic E-state index is 1.19. The molecule has 1 saturated heterocycles. The third-order valence-electron chi connectivity index (χ3n) is 2.98. The molecule has 1 aliphatic rings. The van der Waals surface area contributed by atoms with Crippen LogP contribution in [0.3, 0.4) is 0 Å². The lowest BCUT2D eigenvalue weighted by atomic mass is 10.1. The molecule has 0 radical (unpaired) electrons. The second kappa shape index (κ2) is 4.46. The molecular formula is C16H15N. The summed E-state index contributed by atoms with van der Waals surface area (Å²) in [4.78, 5) is 2.38. The van der Waals surface area contributed by atoms with Crippen molar-refractivity contribution in [1.29, 1.82) is 0 Å². The summed E-state index contributed by atoms with van der Waals surface area (Å²) in [6.07, 6.45) is 4.37. The summed E-state index contributed by atoms with van der Waals surface area (Å²) in [5, 5.41) is 0. The molecule has 0 aromatic heterocycles. The van der Waals surface area contributed by atoms with Gasteiger partial charge >= 0.3 is 0 Å². The smallest absolute Gasteiger partial charge is 0.0441 e. The van der Waals surface area contributed by atoms with Crippen molar-refractivity contribution in [2.75, 3.05) is 18.0 Å². The van der Waals surface area contributed by atoms with Gasteiger partial charge in [-0.25, -0.2) is 0 Å². The number of nitrogens with zero attached hydrogens (tertiary/aromatic N) is 1. The van der Waals surface area contributed by atoms with Crippen molar-refractivity contribution in [2.45, 2.75) is 0 Å². The molecule has 1 nitrogen and oxygen atoms in total. The van der Waals surface area contributed by atoms with E-state index in [0.717, 1.165) is 0 Å². The van der Waals surface area contributed by atoms with E-state index in [1.807, 2.05) is 6.07 Å². The number of para-hydroxylation sites is 1. The summed E-state index contributed by atoms with van der Waals surface area (Å²) in [5.41, 5.74) is 3.89. The van der Waals surface area contributed by atoms with Crippen molar-refractivity contribution < 1.29 is 0 Å². The lowest BCUT2D eigenvalue weighted by molar-refractivity contribution is 1.38. The summed E-state index contributed by atoms with van der Waals surface area (Å²) in [6, 6.07) is 19.0. The Morgan fingerprint density at radius 2 is 1.47 bits per heavy atom. The van der Waals surface area contributed by atoms with Crippen molar-refractivity contribution in [3.8, 4) is 0 Å². The zero-order chi connectivity index (χ0) is 11.5. The Balaban J connectivity index is 1.87. The summed E-state index contributed by atoms with van der Waals surface area (Å²) in [5.74, 6) is 0. The van der Waals surface area contributed by atoms with Gasteiger partial charge in [0.25, 0.3) is 0 Å². The van der Waals surface area contributed by atoms with Gasteiger partial charge in [-0.1, -0.05) is 60.7 Å². The fourth-order valence-corrected chi connectivity index (χ4v) is 1.96. The Labute approximate surface area is 102 Å². The average molecular weight is 221 g/mol. The number of hydrogen-bond acceptors (Lipinski definition) is 1. The molecule has 1 aliphatic heterocycles. The Kier molecular flexibility index (Phi) is 2.66. The van der Waals surface area contributed by atoms with E-state index < -0.39 is 0 Å². The SMILES string of the molecule is C(=Cc1ccccc1N1CC1)c1ccccc1. The van der Waals surface area contributed by atoms with Crippen LogP contribution in [0.25, 0.3) is 12.2 Å². The van der Waals surface area contributed by atoms with E-state index >= 15 is 0 Å². The van der Waals surface area contributed by atoms with Crippen LogP contribution in [0.15, 0.2) is 54.6 Å². The van der Waals surface area contributed by atoms with Crippen LogP contribution in [-0.4, -0.2) is 13.1 Å². The van der Waals surface area contributed by atoms with Crippen molar-refractivity contribution in [2.24, 2.45) is 0 Å². The maximum atomic E-state index is 2.38. The third kappa shape index (κ3) is 2.39. The number of rotatable bonds is 3. The maximum Gasteiger partial charge on any atom is 0.0441 e. The molecule has 1 heteroatoms. The molecule has 0 bridgehead atoms. The van der Waals surface area contributed by atoms with Gasteiger partial charge in [0.05, 0.1) is 0 Å². The molecule has 1 fully saturated rings. The molecule has 0 saturated carbocycles. The minimum Gasteiger partial charge on any atom is -0.368 e. The molecule has 2 aromatic rings. The van der Waals surface area contributed by atoms with Crippen LogP contribution >= 0.6 is 0 Å². The normalized spacial score (nSPS) is 14.2. The van der Waals surface area contributed by atoms with Gasteiger partial charge in [-0.2, -0.15) is 0 Å². The van der Waals surface area contributed by atoms with E-state index in [9.17, 15) is 0 Å². The molecule has 17 heavy (non-hydrogen) atoms. The van der Waals surface area contributed by atoms with Gasteiger partial charge in [0.1, 0.15) is 0 Å². The van der Waals surface area contributed by atoms with Gasteiger partial charge in [-0.3, -0.25) is 0 Å². The van der Waals surface area contributed by atoms with Crippen LogP contribution in [0.5, 0.6) is 0 Å². The first-order valence-corrected chi connectivity index (χ1v) is 6.00. The highest BCUT2D eigenvalue weighted by molar-refractivity contribution is 5.78. The standard InChI is InChI=1S/C16H15N/c1-2-6-14(7-3-1)10-11-15-8-4-5-9-16(15)17-12-13-17/h1-11H,12-13H2. The Hall–Kier alpha value is -2.02. The zero-order valence-corrected chi connectivity index (χ0v) is 9.71. The molecule has 0 aliphatic carbocycles. The highest BCUT2D eigenvalue weighted by Crippen LogP contribution is 2.26. The fraction of sp³-hybridized carbons (Fsp3) is 0.125. The maximum absolute atomic E-state index is 2.38. The highest BCUT2D eigenvalue weighted by Gasteiger charge is 2.19. The second-order valence-electron chi connectivity index (χ2n) is 4.29. The van der Waals surface area contributed by atoms with E-state index in [2.05, 4.69) is 65.6 Å². The molecule has 3 rings (SSSR count). The molecule has 84 valence electrons.